The minimum absolute atomic E-state index is 0.0826. The lowest BCUT2D eigenvalue weighted by Gasteiger charge is -2.24. The number of aromatic nitrogens is 2. The van der Waals surface area contributed by atoms with Crippen LogP contribution in [0.25, 0.3) is 0 Å². The van der Waals surface area contributed by atoms with Crippen molar-refractivity contribution >= 4 is 33.2 Å². The molecule has 1 heterocycles. The van der Waals surface area contributed by atoms with Crippen molar-refractivity contribution in [2.24, 2.45) is 5.92 Å². The molecule has 1 fully saturated rings. The van der Waals surface area contributed by atoms with Gasteiger partial charge in [0.25, 0.3) is 0 Å². The standard InChI is InChI=1S/C22H28ClN3O5S/c1-32(30,31)20-7-6-15(8-19(20)23)18(14-4-2-3-5-14)10-22(29)26-21-12-24-16(11-25-21)9-17(28)13-27/h6-8,11-12,14,17-18,27-28H,2-5,9-10,13H2,1H3,(H,25,26,29). The molecule has 3 rings (SSSR count). The number of benzene rings is 1. The second-order valence-electron chi connectivity index (χ2n) is 8.30. The number of sulfone groups is 1. The van der Waals surface area contributed by atoms with Gasteiger partial charge in [0.15, 0.2) is 15.7 Å². The quantitative estimate of drug-likeness (QED) is 0.502. The van der Waals surface area contributed by atoms with Crippen molar-refractivity contribution in [2.75, 3.05) is 18.2 Å². The van der Waals surface area contributed by atoms with Crippen molar-refractivity contribution in [2.45, 2.75) is 55.4 Å². The highest BCUT2D eigenvalue weighted by Gasteiger charge is 2.29. The number of hydrogen-bond donors (Lipinski definition) is 3. The molecule has 3 N–H and O–H groups in total. The molecule has 1 aliphatic rings. The van der Waals surface area contributed by atoms with E-state index in [1.165, 1.54) is 18.5 Å². The normalized spacial score (nSPS) is 16.6. The summed E-state index contributed by atoms with van der Waals surface area (Å²) in [5.74, 6) is 0.306. The van der Waals surface area contributed by atoms with E-state index in [9.17, 15) is 18.3 Å². The molecule has 0 bridgehead atoms. The summed E-state index contributed by atoms with van der Waals surface area (Å²) in [6.07, 6.45) is 7.68. The van der Waals surface area contributed by atoms with E-state index in [-0.39, 0.29) is 41.2 Å². The molecule has 1 aliphatic carbocycles. The minimum Gasteiger partial charge on any atom is -0.394 e. The summed E-state index contributed by atoms with van der Waals surface area (Å²) >= 11 is 6.26. The lowest BCUT2D eigenvalue weighted by atomic mass is 9.82. The Labute approximate surface area is 193 Å². The molecule has 8 nitrogen and oxygen atoms in total. The summed E-state index contributed by atoms with van der Waals surface area (Å²) in [6.45, 7) is -0.363. The highest BCUT2D eigenvalue weighted by Crippen LogP contribution is 2.40. The van der Waals surface area contributed by atoms with Gasteiger partial charge < -0.3 is 15.5 Å². The molecule has 0 radical (unpaired) electrons. The van der Waals surface area contributed by atoms with E-state index in [1.807, 2.05) is 0 Å². The number of halogens is 1. The van der Waals surface area contributed by atoms with Gasteiger partial charge in [-0.15, -0.1) is 0 Å². The van der Waals surface area contributed by atoms with E-state index in [0.717, 1.165) is 37.5 Å². The van der Waals surface area contributed by atoms with Crippen LogP contribution < -0.4 is 5.32 Å². The van der Waals surface area contributed by atoms with Gasteiger partial charge in [0, 0.05) is 19.1 Å². The topological polar surface area (TPSA) is 129 Å². The second-order valence-corrected chi connectivity index (χ2v) is 10.7. The van der Waals surface area contributed by atoms with Crippen LogP contribution in [0.2, 0.25) is 5.02 Å². The van der Waals surface area contributed by atoms with Gasteiger partial charge in [-0.05, 0) is 42.4 Å². The zero-order valence-electron chi connectivity index (χ0n) is 17.9. The Bertz CT molecular complexity index is 1040. The second kappa shape index (κ2) is 10.7. The molecule has 32 heavy (non-hydrogen) atoms. The predicted octanol–water partition coefficient (Wildman–Crippen LogP) is 2.73. The van der Waals surface area contributed by atoms with Crippen molar-refractivity contribution in [3.63, 3.8) is 0 Å². The first-order chi connectivity index (χ1) is 15.2. The third kappa shape index (κ3) is 6.48. The van der Waals surface area contributed by atoms with Gasteiger partial charge in [-0.1, -0.05) is 30.5 Å². The highest BCUT2D eigenvalue weighted by atomic mass is 35.5. The van der Waals surface area contributed by atoms with E-state index in [0.29, 0.717) is 17.4 Å². The predicted molar refractivity (Wildman–Crippen MR) is 121 cm³/mol. The molecule has 1 aromatic heterocycles. The van der Waals surface area contributed by atoms with E-state index in [4.69, 9.17) is 16.7 Å². The van der Waals surface area contributed by atoms with Gasteiger partial charge in [-0.3, -0.25) is 9.78 Å². The number of carbonyl (C=O) groups excluding carboxylic acids is 1. The summed E-state index contributed by atoms with van der Waals surface area (Å²) < 4.78 is 23.8. The minimum atomic E-state index is -3.43. The van der Waals surface area contributed by atoms with Crippen LogP contribution in [0, 0.1) is 5.92 Å². The molecular formula is C22H28ClN3O5S. The number of nitrogens with one attached hydrogen (secondary N) is 1. The summed E-state index contributed by atoms with van der Waals surface area (Å²) in [7, 11) is -3.43. The van der Waals surface area contributed by atoms with Crippen LogP contribution in [0.1, 0.15) is 49.3 Å². The van der Waals surface area contributed by atoms with Gasteiger partial charge in [0.05, 0.1) is 40.7 Å². The lowest BCUT2D eigenvalue weighted by molar-refractivity contribution is -0.116. The zero-order valence-corrected chi connectivity index (χ0v) is 19.4. The van der Waals surface area contributed by atoms with E-state index < -0.39 is 15.9 Å². The Morgan fingerprint density at radius 3 is 2.53 bits per heavy atom. The molecule has 0 saturated heterocycles. The fourth-order valence-electron chi connectivity index (χ4n) is 4.19. The van der Waals surface area contributed by atoms with Crippen molar-refractivity contribution in [3.8, 4) is 0 Å². The van der Waals surface area contributed by atoms with Crippen molar-refractivity contribution in [1.29, 1.82) is 0 Å². The summed E-state index contributed by atoms with van der Waals surface area (Å²) in [5, 5.41) is 21.3. The third-order valence-corrected chi connectivity index (χ3v) is 7.37. The largest absolute Gasteiger partial charge is 0.394 e. The average molecular weight is 482 g/mol. The van der Waals surface area contributed by atoms with Gasteiger partial charge in [-0.25, -0.2) is 13.4 Å². The number of amides is 1. The van der Waals surface area contributed by atoms with Crippen LogP contribution >= 0.6 is 11.6 Å². The van der Waals surface area contributed by atoms with Gasteiger partial charge in [-0.2, -0.15) is 0 Å². The molecule has 174 valence electrons. The number of hydrogen-bond acceptors (Lipinski definition) is 7. The van der Waals surface area contributed by atoms with Crippen LogP contribution in [0.4, 0.5) is 5.82 Å². The van der Waals surface area contributed by atoms with Crippen molar-refractivity contribution < 1.29 is 23.4 Å². The highest BCUT2D eigenvalue weighted by molar-refractivity contribution is 7.90. The number of rotatable bonds is 9. The van der Waals surface area contributed by atoms with E-state index >= 15 is 0 Å². The van der Waals surface area contributed by atoms with E-state index in [1.54, 1.807) is 12.1 Å². The first-order valence-corrected chi connectivity index (χ1v) is 12.8. The summed E-state index contributed by atoms with van der Waals surface area (Å²) in [6, 6.07) is 4.92. The molecule has 0 spiro atoms. The summed E-state index contributed by atoms with van der Waals surface area (Å²) in [5.41, 5.74) is 1.36. The molecule has 2 aromatic rings. The number of anilines is 1. The van der Waals surface area contributed by atoms with Crippen LogP contribution in [-0.4, -0.2) is 53.5 Å². The maximum Gasteiger partial charge on any atom is 0.226 e. The third-order valence-electron chi connectivity index (χ3n) is 5.79. The molecule has 2 atom stereocenters. The Kier molecular flexibility index (Phi) is 8.21. The summed E-state index contributed by atoms with van der Waals surface area (Å²) in [4.78, 5) is 21.2. The number of nitrogens with zero attached hydrogens (tertiary/aromatic N) is 2. The number of aliphatic hydroxyl groups is 2. The van der Waals surface area contributed by atoms with Crippen LogP contribution in [-0.2, 0) is 21.1 Å². The van der Waals surface area contributed by atoms with Crippen molar-refractivity contribution in [1.82, 2.24) is 9.97 Å². The Balaban J connectivity index is 1.73. The van der Waals surface area contributed by atoms with Gasteiger partial charge >= 0.3 is 0 Å². The first-order valence-electron chi connectivity index (χ1n) is 10.6. The van der Waals surface area contributed by atoms with Crippen LogP contribution in [0.15, 0.2) is 35.5 Å². The average Bonchev–Trinajstić information content (AvgIpc) is 3.27. The maximum atomic E-state index is 12.8. The number of carbonyl (C=O) groups is 1. The molecular weight excluding hydrogens is 454 g/mol. The lowest BCUT2D eigenvalue weighted by Crippen LogP contribution is -2.21. The molecule has 10 heteroatoms. The fourth-order valence-corrected chi connectivity index (χ4v) is 5.53. The molecule has 1 aromatic carbocycles. The molecule has 1 amide bonds. The van der Waals surface area contributed by atoms with Crippen LogP contribution in [0.3, 0.4) is 0 Å². The molecule has 0 aliphatic heterocycles. The van der Waals surface area contributed by atoms with Crippen molar-refractivity contribution in [3.05, 3.63) is 46.9 Å². The monoisotopic (exact) mass is 481 g/mol. The number of aliphatic hydroxyl groups excluding tert-OH is 2. The zero-order chi connectivity index (χ0) is 23.3. The Morgan fingerprint density at radius 2 is 1.97 bits per heavy atom. The van der Waals surface area contributed by atoms with Crippen LogP contribution in [0.5, 0.6) is 0 Å². The smallest absolute Gasteiger partial charge is 0.226 e. The fraction of sp³-hybridized carbons (Fsp3) is 0.500. The van der Waals surface area contributed by atoms with Gasteiger partial charge in [0.2, 0.25) is 5.91 Å². The van der Waals surface area contributed by atoms with E-state index in [2.05, 4.69) is 15.3 Å². The maximum absolute atomic E-state index is 12.8. The Morgan fingerprint density at radius 1 is 1.25 bits per heavy atom. The SMILES string of the molecule is CS(=O)(=O)c1ccc(C(CC(=O)Nc2cnc(CC(O)CO)cn2)C2CCCC2)cc1Cl. The van der Waals surface area contributed by atoms with Gasteiger partial charge in [0.1, 0.15) is 0 Å². The molecule has 2 unspecified atom stereocenters. The first kappa shape index (κ1) is 24.6. The Hall–Kier alpha value is -2.07. The molecule has 1 saturated carbocycles.